The maximum atomic E-state index is 5.94. The quantitative estimate of drug-likeness (QED) is 0.662. The van der Waals surface area contributed by atoms with Crippen molar-refractivity contribution in [1.29, 1.82) is 0 Å². The van der Waals surface area contributed by atoms with Gasteiger partial charge in [-0.25, -0.2) is 0 Å². The predicted molar refractivity (Wildman–Crippen MR) is 79.9 cm³/mol. The van der Waals surface area contributed by atoms with E-state index < -0.39 is 0 Å². The van der Waals surface area contributed by atoms with Crippen LogP contribution in [0.25, 0.3) is 0 Å². The van der Waals surface area contributed by atoms with Crippen molar-refractivity contribution >= 4 is 0 Å². The van der Waals surface area contributed by atoms with Gasteiger partial charge in [0.25, 0.3) is 0 Å². The van der Waals surface area contributed by atoms with Crippen molar-refractivity contribution in [1.82, 2.24) is 15.2 Å². The highest BCUT2D eigenvalue weighted by Gasteiger charge is 2.44. The second kappa shape index (κ2) is 5.38. The fraction of sp³-hybridized carbons (Fsp3) is 0.438. The summed E-state index contributed by atoms with van der Waals surface area (Å²) in [5, 5.41) is 4.30. The molecule has 0 bridgehead atoms. The van der Waals surface area contributed by atoms with Crippen molar-refractivity contribution in [2.24, 2.45) is 12.9 Å². The lowest BCUT2D eigenvalue weighted by Gasteiger charge is -2.38. The SMILES string of the molecule is Cn1nccc1C(NN)C1(c2ccccc2)CCCC1. The lowest BCUT2D eigenvalue weighted by atomic mass is 9.71. The van der Waals surface area contributed by atoms with Gasteiger partial charge in [-0.3, -0.25) is 16.0 Å². The summed E-state index contributed by atoms with van der Waals surface area (Å²) in [5.41, 5.74) is 5.67. The van der Waals surface area contributed by atoms with Crippen LogP contribution < -0.4 is 11.3 Å². The molecule has 1 aromatic carbocycles. The molecule has 1 aromatic heterocycles. The van der Waals surface area contributed by atoms with Crippen molar-refractivity contribution < 1.29 is 0 Å². The van der Waals surface area contributed by atoms with E-state index in [0.717, 1.165) is 18.5 Å². The van der Waals surface area contributed by atoms with Crippen LogP contribution >= 0.6 is 0 Å². The number of hydrazine groups is 1. The summed E-state index contributed by atoms with van der Waals surface area (Å²) in [7, 11) is 1.98. The molecule has 1 aliphatic carbocycles. The smallest absolute Gasteiger partial charge is 0.0725 e. The summed E-state index contributed by atoms with van der Waals surface area (Å²) >= 11 is 0. The molecule has 2 aromatic rings. The number of hydrogen-bond acceptors (Lipinski definition) is 3. The number of benzene rings is 1. The summed E-state index contributed by atoms with van der Waals surface area (Å²) in [4.78, 5) is 0. The number of nitrogens with zero attached hydrogens (tertiary/aromatic N) is 2. The highest BCUT2D eigenvalue weighted by atomic mass is 15.3. The molecule has 106 valence electrons. The first-order chi connectivity index (χ1) is 9.78. The number of aromatic nitrogens is 2. The number of nitrogens with one attached hydrogen (secondary N) is 1. The molecule has 1 aliphatic rings. The average molecular weight is 270 g/mol. The van der Waals surface area contributed by atoms with Crippen molar-refractivity contribution in [2.45, 2.75) is 37.1 Å². The van der Waals surface area contributed by atoms with Crippen LogP contribution in [0, 0.1) is 0 Å². The summed E-state index contributed by atoms with van der Waals surface area (Å²) < 4.78 is 1.92. The van der Waals surface area contributed by atoms with Gasteiger partial charge in [-0.2, -0.15) is 5.10 Å². The van der Waals surface area contributed by atoms with Crippen LogP contribution in [-0.2, 0) is 12.5 Å². The van der Waals surface area contributed by atoms with E-state index in [9.17, 15) is 0 Å². The van der Waals surface area contributed by atoms with Crippen molar-refractivity contribution in [2.75, 3.05) is 0 Å². The zero-order valence-corrected chi connectivity index (χ0v) is 11.9. The molecule has 0 amide bonds. The number of nitrogens with two attached hydrogens (primary N) is 1. The zero-order chi connectivity index (χ0) is 14.0. The van der Waals surface area contributed by atoms with E-state index in [4.69, 9.17) is 5.84 Å². The van der Waals surface area contributed by atoms with Gasteiger partial charge in [-0.15, -0.1) is 0 Å². The third kappa shape index (κ3) is 2.05. The lowest BCUT2D eigenvalue weighted by molar-refractivity contribution is 0.291. The van der Waals surface area contributed by atoms with Gasteiger partial charge >= 0.3 is 0 Å². The molecule has 4 nitrogen and oxygen atoms in total. The molecule has 1 fully saturated rings. The molecule has 4 heteroatoms. The molecule has 20 heavy (non-hydrogen) atoms. The largest absolute Gasteiger partial charge is 0.271 e. The molecule has 0 spiro atoms. The van der Waals surface area contributed by atoms with Crippen molar-refractivity contribution in [3.8, 4) is 0 Å². The van der Waals surface area contributed by atoms with Gasteiger partial charge in [-0.1, -0.05) is 43.2 Å². The van der Waals surface area contributed by atoms with E-state index in [-0.39, 0.29) is 11.5 Å². The van der Waals surface area contributed by atoms with Gasteiger partial charge in [0.1, 0.15) is 0 Å². The van der Waals surface area contributed by atoms with E-state index in [1.807, 2.05) is 17.9 Å². The molecule has 1 heterocycles. The van der Waals surface area contributed by atoms with Gasteiger partial charge in [0.05, 0.1) is 11.7 Å². The Labute approximate surface area is 120 Å². The van der Waals surface area contributed by atoms with Crippen LogP contribution in [0.15, 0.2) is 42.6 Å². The Hall–Kier alpha value is -1.65. The molecule has 3 rings (SSSR count). The monoisotopic (exact) mass is 270 g/mol. The molecular formula is C16H22N4. The van der Waals surface area contributed by atoms with Crippen molar-refractivity contribution in [3.05, 3.63) is 53.9 Å². The minimum atomic E-state index is 0.0732. The molecule has 1 saturated carbocycles. The normalized spacial score (nSPS) is 19.1. The average Bonchev–Trinajstić information content (AvgIpc) is 3.12. The van der Waals surface area contributed by atoms with Gasteiger partial charge in [0.2, 0.25) is 0 Å². The van der Waals surface area contributed by atoms with Crippen molar-refractivity contribution in [3.63, 3.8) is 0 Å². The van der Waals surface area contributed by atoms with E-state index in [2.05, 4.69) is 46.9 Å². The molecule has 1 atom stereocenters. The Balaban J connectivity index is 2.08. The Bertz CT molecular complexity index is 555. The minimum absolute atomic E-state index is 0.0732. The van der Waals surface area contributed by atoms with E-state index in [1.165, 1.54) is 18.4 Å². The molecule has 0 saturated heterocycles. The van der Waals surface area contributed by atoms with Gasteiger partial charge in [0, 0.05) is 18.7 Å². The maximum absolute atomic E-state index is 5.94. The second-order valence-corrected chi connectivity index (χ2v) is 5.71. The topological polar surface area (TPSA) is 55.9 Å². The third-order valence-corrected chi connectivity index (χ3v) is 4.72. The van der Waals surface area contributed by atoms with Gasteiger partial charge in [0.15, 0.2) is 0 Å². The first-order valence-electron chi connectivity index (χ1n) is 7.27. The maximum Gasteiger partial charge on any atom is 0.0725 e. The fourth-order valence-corrected chi connectivity index (χ4v) is 3.72. The molecule has 0 aliphatic heterocycles. The molecule has 3 N–H and O–H groups in total. The standard InChI is InChI=1S/C16H22N4/c1-20-14(9-12-18-20)15(19-17)16(10-5-6-11-16)13-7-3-2-4-8-13/h2-4,7-9,12,15,19H,5-6,10-11,17H2,1H3. The van der Waals surface area contributed by atoms with Crippen LogP contribution in [0.5, 0.6) is 0 Å². The minimum Gasteiger partial charge on any atom is -0.271 e. The predicted octanol–water partition coefficient (Wildman–Crippen LogP) is 2.44. The first kappa shape index (κ1) is 13.3. The molecule has 1 unspecified atom stereocenters. The fourth-order valence-electron chi connectivity index (χ4n) is 3.72. The first-order valence-corrected chi connectivity index (χ1v) is 7.27. The summed E-state index contributed by atoms with van der Waals surface area (Å²) in [6.07, 6.45) is 6.68. The highest BCUT2D eigenvalue weighted by molar-refractivity contribution is 5.32. The van der Waals surface area contributed by atoms with Crippen LogP contribution in [0.4, 0.5) is 0 Å². The van der Waals surface area contributed by atoms with E-state index >= 15 is 0 Å². The third-order valence-electron chi connectivity index (χ3n) is 4.72. The van der Waals surface area contributed by atoms with Crippen LogP contribution in [0.2, 0.25) is 0 Å². The molecular weight excluding hydrogens is 248 g/mol. The summed E-state index contributed by atoms with van der Waals surface area (Å²) in [6, 6.07) is 12.9. The van der Waals surface area contributed by atoms with Gasteiger partial charge < -0.3 is 0 Å². The Morgan fingerprint density at radius 3 is 2.45 bits per heavy atom. The number of rotatable bonds is 4. The Kier molecular flexibility index (Phi) is 3.59. The van der Waals surface area contributed by atoms with E-state index in [0.29, 0.717) is 0 Å². The van der Waals surface area contributed by atoms with Crippen LogP contribution in [0.3, 0.4) is 0 Å². The van der Waals surface area contributed by atoms with Crippen LogP contribution in [-0.4, -0.2) is 9.78 Å². The number of aryl methyl sites for hydroxylation is 1. The second-order valence-electron chi connectivity index (χ2n) is 5.71. The summed E-state index contributed by atoms with van der Waals surface area (Å²) in [5.74, 6) is 5.94. The highest BCUT2D eigenvalue weighted by Crippen LogP contribution is 2.49. The zero-order valence-electron chi connectivity index (χ0n) is 11.9. The Morgan fingerprint density at radius 2 is 1.90 bits per heavy atom. The van der Waals surface area contributed by atoms with Crippen LogP contribution in [0.1, 0.15) is 43.0 Å². The van der Waals surface area contributed by atoms with Gasteiger partial charge in [-0.05, 0) is 24.5 Å². The van der Waals surface area contributed by atoms with E-state index in [1.54, 1.807) is 0 Å². The molecule has 0 radical (unpaired) electrons. The Morgan fingerprint density at radius 1 is 1.20 bits per heavy atom. The number of hydrogen-bond donors (Lipinski definition) is 2. The lowest BCUT2D eigenvalue weighted by Crippen LogP contribution is -2.44. The summed E-state index contributed by atoms with van der Waals surface area (Å²) in [6.45, 7) is 0.